The van der Waals surface area contributed by atoms with E-state index in [1.165, 1.54) is 173 Å². The average molecular weight is 963 g/mol. The number of allylic oxidation sites excluding steroid dienone is 6. The van der Waals surface area contributed by atoms with Crippen LogP contribution in [0.3, 0.4) is 0 Å². The molecule has 1 aliphatic heterocycles. The number of rotatable bonds is 48. The molecule has 0 bridgehead atoms. The van der Waals surface area contributed by atoms with Gasteiger partial charge in [-0.25, -0.2) is 4.79 Å². The van der Waals surface area contributed by atoms with Crippen molar-refractivity contribution in [2.45, 2.75) is 295 Å². The molecule has 396 valence electrons. The number of carbonyl (C=O) groups is 3. The monoisotopic (exact) mass is 963 g/mol. The van der Waals surface area contributed by atoms with E-state index in [0.29, 0.717) is 12.8 Å². The van der Waals surface area contributed by atoms with Crippen molar-refractivity contribution in [3.63, 3.8) is 0 Å². The van der Waals surface area contributed by atoms with Gasteiger partial charge in [0, 0.05) is 12.8 Å². The molecule has 11 nitrogen and oxygen atoms in total. The number of carboxylic acids is 1. The summed E-state index contributed by atoms with van der Waals surface area (Å²) >= 11 is 0. The number of ether oxygens (including phenoxy) is 4. The molecule has 0 spiro atoms. The summed E-state index contributed by atoms with van der Waals surface area (Å²) in [6.45, 7) is 3.84. The number of esters is 2. The minimum Gasteiger partial charge on any atom is -0.479 e. The molecule has 4 N–H and O–H groups in total. The van der Waals surface area contributed by atoms with Gasteiger partial charge in [-0.1, -0.05) is 211 Å². The van der Waals surface area contributed by atoms with Crippen LogP contribution in [0, 0.1) is 0 Å². The van der Waals surface area contributed by atoms with Crippen LogP contribution < -0.4 is 0 Å². The molecular formula is C57H102O11. The van der Waals surface area contributed by atoms with Crippen LogP contribution in [-0.2, 0) is 33.3 Å². The van der Waals surface area contributed by atoms with Crippen LogP contribution in [0.4, 0.5) is 0 Å². The first-order valence-electron chi connectivity index (χ1n) is 28.0. The lowest BCUT2D eigenvalue weighted by Crippen LogP contribution is -2.60. The molecule has 1 saturated heterocycles. The highest BCUT2D eigenvalue weighted by Crippen LogP contribution is 2.23. The molecule has 0 aromatic heterocycles. The van der Waals surface area contributed by atoms with E-state index in [9.17, 15) is 34.8 Å². The Morgan fingerprint density at radius 2 is 0.824 bits per heavy atom. The maximum atomic E-state index is 12.9. The van der Waals surface area contributed by atoms with Gasteiger partial charge in [-0.3, -0.25) is 9.59 Å². The predicted octanol–water partition coefficient (Wildman–Crippen LogP) is 13.9. The van der Waals surface area contributed by atoms with Crippen LogP contribution >= 0.6 is 0 Å². The van der Waals surface area contributed by atoms with Gasteiger partial charge in [0.25, 0.3) is 0 Å². The molecule has 11 heteroatoms. The van der Waals surface area contributed by atoms with Gasteiger partial charge in [0.1, 0.15) is 24.9 Å². The van der Waals surface area contributed by atoms with Crippen LogP contribution in [-0.4, -0.2) is 88.4 Å². The number of hydrogen-bond acceptors (Lipinski definition) is 10. The Bertz CT molecular complexity index is 1270. The summed E-state index contributed by atoms with van der Waals surface area (Å²) in [5, 5.41) is 40.0. The third kappa shape index (κ3) is 37.3. The molecule has 0 radical (unpaired) electrons. The molecule has 0 aromatic rings. The van der Waals surface area contributed by atoms with E-state index in [2.05, 4.69) is 50.3 Å². The average Bonchev–Trinajstić information content (AvgIpc) is 3.32. The fraction of sp³-hybridized carbons (Fsp3) is 0.842. The van der Waals surface area contributed by atoms with Crippen LogP contribution in [0.2, 0.25) is 0 Å². The lowest BCUT2D eigenvalue weighted by atomic mass is 9.99. The molecule has 6 atom stereocenters. The molecule has 0 saturated carbocycles. The Labute approximate surface area is 414 Å². The minimum absolute atomic E-state index is 0.182. The van der Waals surface area contributed by atoms with Gasteiger partial charge < -0.3 is 39.4 Å². The molecule has 1 aliphatic rings. The predicted molar refractivity (Wildman–Crippen MR) is 275 cm³/mol. The summed E-state index contributed by atoms with van der Waals surface area (Å²) in [5.41, 5.74) is 0. The summed E-state index contributed by atoms with van der Waals surface area (Å²) in [4.78, 5) is 37.1. The van der Waals surface area contributed by atoms with Gasteiger partial charge in [0.05, 0.1) is 6.61 Å². The number of aliphatic hydroxyl groups excluding tert-OH is 3. The Morgan fingerprint density at radius 1 is 0.456 bits per heavy atom. The number of aliphatic carboxylic acids is 1. The quantitative estimate of drug-likeness (QED) is 0.0260. The highest BCUT2D eigenvalue weighted by Gasteiger charge is 2.47. The van der Waals surface area contributed by atoms with Crippen molar-refractivity contribution >= 4 is 17.9 Å². The van der Waals surface area contributed by atoms with Crippen molar-refractivity contribution in [1.29, 1.82) is 0 Å². The molecule has 1 fully saturated rings. The van der Waals surface area contributed by atoms with Gasteiger partial charge in [-0.05, 0) is 70.6 Å². The standard InChI is InChI=1S/C57H102O11/c1-3-5-7-9-11-13-15-17-19-21-23-24-25-26-28-29-31-33-35-37-39-41-43-45-50(58)65-47-49(48-66-57-54(62)52(60)53(61)55(68-57)56(63)64)67-51(59)46-44-42-40-38-36-34-32-30-27-22-20-18-16-14-12-10-8-6-4-2/h15,17-18,20-21,23,49,52-55,57,60-62H,3-14,16,19,22,24-48H2,1-2H3,(H,63,64)/b17-15-,20-18-,23-21-. The molecule has 6 unspecified atom stereocenters. The summed E-state index contributed by atoms with van der Waals surface area (Å²) in [7, 11) is 0. The van der Waals surface area contributed by atoms with E-state index >= 15 is 0 Å². The largest absolute Gasteiger partial charge is 0.479 e. The number of carboxylic acid groups (broad SMARTS) is 1. The number of aliphatic hydroxyl groups is 3. The zero-order valence-electron chi connectivity index (χ0n) is 43.4. The van der Waals surface area contributed by atoms with E-state index in [1.807, 2.05) is 0 Å². The van der Waals surface area contributed by atoms with Gasteiger partial charge >= 0.3 is 17.9 Å². The van der Waals surface area contributed by atoms with E-state index in [-0.39, 0.29) is 26.1 Å². The molecule has 0 amide bonds. The fourth-order valence-corrected chi connectivity index (χ4v) is 8.55. The molecule has 0 aliphatic carbocycles. The van der Waals surface area contributed by atoms with Crippen molar-refractivity contribution in [2.24, 2.45) is 0 Å². The second kappa shape index (κ2) is 46.8. The van der Waals surface area contributed by atoms with Crippen molar-refractivity contribution in [1.82, 2.24) is 0 Å². The molecule has 1 rings (SSSR count). The second-order valence-corrected chi connectivity index (χ2v) is 19.4. The lowest BCUT2D eigenvalue weighted by molar-refractivity contribution is -0.298. The smallest absolute Gasteiger partial charge is 0.335 e. The summed E-state index contributed by atoms with van der Waals surface area (Å²) in [6, 6.07) is 0. The SMILES string of the molecule is CCCCCCC/C=C\C/C=C\CCCCCCCCCCCCCC(=O)OCC(COC1OC(C(=O)O)C(O)C(O)C1O)OC(=O)CCCCCCCCCCC/C=C\CCCCCCCC. The van der Waals surface area contributed by atoms with Crippen molar-refractivity contribution in [2.75, 3.05) is 13.2 Å². The van der Waals surface area contributed by atoms with Crippen molar-refractivity contribution in [3.05, 3.63) is 36.5 Å². The van der Waals surface area contributed by atoms with Gasteiger partial charge in [-0.15, -0.1) is 0 Å². The zero-order valence-corrected chi connectivity index (χ0v) is 43.4. The summed E-state index contributed by atoms with van der Waals surface area (Å²) in [5.74, 6) is -2.44. The zero-order chi connectivity index (χ0) is 49.6. The molecular weight excluding hydrogens is 861 g/mol. The van der Waals surface area contributed by atoms with Crippen LogP contribution in [0.15, 0.2) is 36.5 Å². The van der Waals surface area contributed by atoms with E-state index in [1.54, 1.807) is 0 Å². The third-order valence-electron chi connectivity index (χ3n) is 13.0. The lowest BCUT2D eigenvalue weighted by Gasteiger charge is -2.38. The Kier molecular flexibility index (Phi) is 43.7. The van der Waals surface area contributed by atoms with Crippen molar-refractivity contribution in [3.8, 4) is 0 Å². The minimum atomic E-state index is -1.86. The normalized spacial score (nSPS) is 19.1. The third-order valence-corrected chi connectivity index (χ3v) is 13.0. The van der Waals surface area contributed by atoms with E-state index in [0.717, 1.165) is 44.9 Å². The Balaban J connectivity index is 2.25. The fourth-order valence-electron chi connectivity index (χ4n) is 8.55. The molecule has 0 aromatic carbocycles. The first-order valence-corrected chi connectivity index (χ1v) is 28.0. The number of hydrogen-bond donors (Lipinski definition) is 4. The summed E-state index contributed by atoms with van der Waals surface area (Å²) < 4.78 is 21.9. The van der Waals surface area contributed by atoms with Gasteiger partial charge in [0.2, 0.25) is 0 Å². The highest BCUT2D eigenvalue weighted by molar-refractivity contribution is 5.73. The summed E-state index contributed by atoms with van der Waals surface area (Å²) in [6.07, 6.45) is 47.6. The van der Waals surface area contributed by atoms with Gasteiger partial charge in [0.15, 0.2) is 18.5 Å². The van der Waals surface area contributed by atoms with Crippen molar-refractivity contribution < 1.29 is 53.8 Å². The first kappa shape index (κ1) is 63.4. The molecule has 1 heterocycles. The maximum absolute atomic E-state index is 12.9. The highest BCUT2D eigenvalue weighted by atomic mass is 16.7. The van der Waals surface area contributed by atoms with E-state index < -0.39 is 54.7 Å². The number of unbranched alkanes of at least 4 members (excludes halogenated alkanes) is 31. The van der Waals surface area contributed by atoms with Crippen LogP contribution in [0.1, 0.15) is 258 Å². The van der Waals surface area contributed by atoms with Crippen LogP contribution in [0.25, 0.3) is 0 Å². The first-order chi connectivity index (χ1) is 33.2. The Morgan fingerprint density at radius 3 is 1.24 bits per heavy atom. The molecule has 68 heavy (non-hydrogen) atoms. The van der Waals surface area contributed by atoms with Gasteiger partial charge in [-0.2, -0.15) is 0 Å². The second-order valence-electron chi connectivity index (χ2n) is 19.4. The van der Waals surface area contributed by atoms with Crippen LogP contribution in [0.5, 0.6) is 0 Å². The number of carbonyl (C=O) groups excluding carboxylic acids is 2. The van der Waals surface area contributed by atoms with E-state index in [4.69, 9.17) is 18.9 Å². The maximum Gasteiger partial charge on any atom is 0.335 e. The Hall–Kier alpha value is -2.57. The topological polar surface area (TPSA) is 169 Å².